The molecule has 136 valence electrons. The van der Waals surface area contributed by atoms with Crippen LogP contribution in [0.2, 0.25) is 0 Å². The Morgan fingerprint density at radius 1 is 1.00 bits per heavy atom. The number of rotatable bonds is 3. The summed E-state index contributed by atoms with van der Waals surface area (Å²) in [6.07, 6.45) is 2.34. The maximum Gasteiger partial charge on any atom is 0.282 e. The van der Waals surface area contributed by atoms with Crippen molar-refractivity contribution in [2.75, 3.05) is 0 Å². The molecule has 0 amide bonds. The van der Waals surface area contributed by atoms with E-state index in [-0.39, 0.29) is 5.56 Å². The summed E-state index contributed by atoms with van der Waals surface area (Å²) >= 11 is 0. The van der Waals surface area contributed by atoms with Gasteiger partial charge in [0.25, 0.3) is 5.56 Å². The smallest absolute Gasteiger partial charge is 0.282 e. The van der Waals surface area contributed by atoms with Gasteiger partial charge >= 0.3 is 0 Å². The quantitative estimate of drug-likeness (QED) is 0.521. The fourth-order valence-corrected chi connectivity index (χ4v) is 3.66. The number of aryl methyl sites for hydroxylation is 1. The van der Waals surface area contributed by atoms with Crippen molar-refractivity contribution in [1.82, 2.24) is 19.5 Å². The Balaban J connectivity index is 1.76. The van der Waals surface area contributed by atoms with Crippen molar-refractivity contribution in [1.29, 1.82) is 0 Å². The number of nitrogens with one attached hydrogen (secondary N) is 1. The topological polar surface area (TPSA) is 63.6 Å². The monoisotopic (exact) mass is 366 g/mol. The second-order valence-corrected chi connectivity index (χ2v) is 6.92. The van der Waals surface area contributed by atoms with Crippen molar-refractivity contribution in [2.45, 2.75) is 13.3 Å². The van der Waals surface area contributed by atoms with E-state index in [2.05, 4.69) is 35.1 Å². The lowest BCUT2D eigenvalue weighted by Crippen LogP contribution is -2.20. The maximum atomic E-state index is 13.3. The predicted molar refractivity (Wildman–Crippen MR) is 111 cm³/mol. The first-order valence-corrected chi connectivity index (χ1v) is 9.20. The largest absolute Gasteiger partial charge is 0.337 e. The minimum absolute atomic E-state index is 0.143. The Kier molecular flexibility index (Phi) is 3.79. The second-order valence-electron chi connectivity index (χ2n) is 6.92. The highest BCUT2D eigenvalue weighted by Crippen LogP contribution is 2.23. The lowest BCUT2D eigenvalue weighted by atomic mass is 10.1. The molecule has 0 saturated carbocycles. The number of imidazole rings is 1. The average molecular weight is 366 g/mol. The van der Waals surface area contributed by atoms with Gasteiger partial charge < -0.3 is 4.98 Å². The predicted octanol–water partition coefficient (Wildman–Crippen LogP) is 4.16. The maximum absolute atomic E-state index is 13.3. The molecule has 3 heterocycles. The number of aromatic nitrogens is 4. The summed E-state index contributed by atoms with van der Waals surface area (Å²) in [5.74, 6) is 0.772. The third-order valence-corrected chi connectivity index (χ3v) is 4.89. The Bertz CT molecular complexity index is 1370. The van der Waals surface area contributed by atoms with Crippen molar-refractivity contribution in [3.05, 3.63) is 100 Å². The minimum atomic E-state index is -0.143. The van der Waals surface area contributed by atoms with Crippen LogP contribution in [0.15, 0.2) is 77.7 Å². The van der Waals surface area contributed by atoms with Crippen molar-refractivity contribution in [3.8, 4) is 5.69 Å². The van der Waals surface area contributed by atoms with Crippen molar-refractivity contribution in [2.24, 2.45) is 0 Å². The molecule has 0 aliphatic heterocycles. The minimum Gasteiger partial charge on any atom is -0.337 e. The SMILES string of the molecule is Cc1cccc(Cc2nc3c([nH]2)c(=O)n(-c2ccccc2)c2ncccc32)c1. The fraction of sp³-hybridized carbons (Fsp3) is 0.0870. The van der Waals surface area contributed by atoms with Gasteiger partial charge in [0.2, 0.25) is 0 Å². The molecule has 5 aromatic rings. The van der Waals surface area contributed by atoms with E-state index in [1.807, 2.05) is 48.5 Å². The molecule has 0 unspecified atom stereocenters. The van der Waals surface area contributed by atoms with Gasteiger partial charge in [0.15, 0.2) is 0 Å². The zero-order valence-electron chi connectivity index (χ0n) is 15.4. The van der Waals surface area contributed by atoms with Gasteiger partial charge in [-0.1, -0.05) is 48.0 Å². The van der Waals surface area contributed by atoms with Crippen LogP contribution in [0, 0.1) is 6.92 Å². The van der Waals surface area contributed by atoms with Crippen LogP contribution in [0.25, 0.3) is 27.8 Å². The zero-order valence-corrected chi connectivity index (χ0v) is 15.4. The third kappa shape index (κ3) is 2.68. The van der Waals surface area contributed by atoms with Crippen LogP contribution in [-0.4, -0.2) is 19.5 Å². The van der Waals surface area contributed by atoms with E-state index >= 15 is 0 Å². The van der Waals surface area contributed by atoms with Gasteiger partial charge in [0, 0.05) is 18.0 Å². The Hall–Kier alpha value is -3.73. The van der Waals surface area contributed by atoms with Crippen molar-refractivity contribution in [3.63, 3.8) is 0 Å². The van der Waals surface area contributed by atoms with E-state index < -0.39 is 0 Å². The first-order valence-electron chi connectivity index (χ1n) is 9.20. The highest BCUT2D eigenvalue weighted by molar-refractivity contribution is 6.01. The molecule has 3 aromatic heterocycles. The van der Waals surface area contributed by atoms with Crippen molar-refractivity contribution < 1.29 is 0 Å². The van der Waals surface area contributed by atoms with Gasteiger partial charge in [-0.3, -0.25) is 9.36 Å². The molecule has 0 fully saturated rings. The molecule has 0 bridgehead atoms. The van der Waals surface area contributed by atoms with Crippen LogP contribution in [0.5, 0.6) is 0 Å². The lowest BCUT2D eigenvalue weighted by Gasteiger charge is -2.09. The Morgan fingerprint density at radius 2 is 1.86 bits per heavy atom. The van der Waals surface area contributed by atoms with Crippen LogP contribution in [0.3, 0.4) is 0 Å². The number of fused-ring (bicyclic) bond motifs is 3. The van der Waals surface area contributed by atoms with Crippen LogP contribution >= 0.6 is 0 Å². The first-order chi connectivity index (χ1) is 13.7. The summed E-state index contributed by atoms with van der Waals surface area (Å²) < 4.78 is 1.65. The fourth-order valence-electron chi connectivity index (χ4n) is 3.66. The highest BCUT2D eigenvalue weighted by atomic mass is 16.1. The average Bonchev–Trinajstić information content (AvgIpc) is 3.13. The molecule has 1 N–H and O–H groups in total. The van der Waals surface area contributed by atoms with Crippen molar-refractivity contribution >= 4 is 22.1 Å². The standard InChI is InChI=1S/C23H18N4O/c1-15-7-5-8-16(13-15)14-19-25-20-18-11-6-12-24-22(18)27(23(28)21(20)26-19)17-9-3-2-4-10-17/h2-13H,14H2,1H3,(H,25,26). The number of H-pyrrole nitrogens is 1. The van der Waals surface area contributed by atoms with Gasteiger partial charge in [0.1, 0.15) is 22.5 Å². The molecule has 0 spiro atoms. The zero-order chi connectivity index (χ0) is 19.1. The molecule has 5 heteroatoms. The van der Waals surface area contributed by atoms with Crippen LogP contribution < -0.4 is 5.56 Å². The van der Waals surface area contributed by atoms with E-state index in [4.69, 9.17) is 4.98 Å². The van der Waals surface area contributed by atoms with Gasteiger partial charge in [-0.25, -0.2) is 9.97 Å². The highest BCUT2D eigenvalue weighted by Gasteiger charge is 2.16. The molecular formula is C23H18N4O. The van der Waals surface area contributed by atoms with Crippen LogP contribution in [0.4, 0.5) is 0 Å². The lowest BCUT2D eigenvalue weighted by molar-refractivity contribution is 1.01. The van der Waals surface area contributed by atoms with Gasteiger partial charge in [0.05, 0.1) is 5.69 Å². The van der Waals surface area contributed by atoms with E-state index in [1.54, 1.807) is 10.8 Å². The number of hydrogen-bond acceptors (Lipinski definition) is 3. The Labute approximate surface area is 161 Å². The number of hydrogen-bond donors (Lipinski definition) is 1. The third-order valence-electron chi connectivity index (χ3n) is 4.89. The summed E-state index contributed by atoms with van der Waals surface area (Å²) in [6.45, 7) is 2.07. The molecule has 0 aliphatic carbocycles. The van der Waals surface area contributed by atoms with E-state index in [0.29, 0.717) is 23.1 Å². The number of nitrogens with zero attached hydrogens (tertiary/aromatic N) is 3. The molecule has 2 aromatic carbocycles. The molecule has 0 saturated heterocycles. The second kappa shape index (κ2) is 6.46. The summed E-state index contributed by atoms with van der Waals surface area (Å²) in [6, 6.07) is 21.7. The summed E-state index contributed by atoms with van der Waals surface area (Å²) in [4.78, 5) is 25.8. The van der Waals surface area contributed by atoms with Gasteiger partial charge in [-0.2, -0.15) is 0 Å². The molecule has 5 rings (SSSR count). The molecule has 0 aliphatic rings. The van der Waals surface area contributed by atoms with Crippen LogP contribution in [0.1, 0.15) is 17.0 Å². The van der Waals surface area contributed by atoms with E-state index in [9.17, 15) is 4.79 Å². The number of aromatic amines is 1. The number of pyridine rings is 2. The molecule has 0 atom stereocenters. The molecule has 5 nitrogen and oxygen atoms in total. The first kappa shape index (κ1) is 16.4. The summed E-state index contributed by atoms with van der Waals surface area (Å²) in [5.41, 5.74) is 4.79. The number of benzene rings is 2. The molecule has 28 heavy (non-hydrogen) atoms. The van der Waals surface area contributed by atoms with Crippen LogP contribution in [-0.2, 0) is 6.42 Å². The van der Waals surface area contributed by atoms with Gasteiger partial charge in [-0.05, 0) is 36.8 Å². The summed E-state index contributed by atoms with van der Waals surface area (Å²) in [7, 11) is 0. The van der Waals surface area contributed by atoms with Gasteiger partial charge in [-0.15, -0.1) is 0 Å². The summed E-state index contributed by atoms with van der Waals surface area (Å²) in [5, 5.41) is 0.854. The van der Waals surface area contributed by atoms with E-state index in [0.717, 1.165) is 22.5 Å². The molecular weight excluding hydrogens is 348 g/mol. The number of para-hydroxylation sites is 1. The van der Waals surface area contributed by atoms with E-state index in [1.165, 1.54) is 5.56 Å². The normalized spacial score (nSPS) is 11.3. The Morgan fingerprint density at radius 3 is 2.68 bits per heavy atom. The molecule has 0 radical (unpaired) electrons.